The molecule has 5 nitrogen and oxygen atoms in total. The van der Waals surface area contributed by atoms with Gasteiger partial charge in [0.15, 0.2) is 0 Å². The molecule has 0 fully saturated rings. The molecular formula is C17H18INO4S. The zero-order valence-electron chi connectivity index (χ0n) is 13.2. The fraction of sp³-hybridized carbons (Fsp3) is 0.235. The van der Waals surface area contributed by atoms with E-state index < -0.39 is 10.1 Å². The van der Waals surface area contributed by atoms with Gasteiger partial charge in [0.25, 0.3) is 0 Å². The summed E-state index contributed by atoms with van der Waals surface area (Å²) in [6, 6.07) is 13.1. The first-order valence-electron chi connectivity index (χ1n) is 7.44. The van der Waals surface area contributed by atoms with Crippen LogP contribution in [0.4, 0.5) is 5.69 Å². The number of anilines is 1. The molecule has 0 aliphatic rings. The Bertz CT molecular complexity index is 821. The zero-order chi connectivity index (χ0) is 17.6. The molecule has 0 saturated carbocycles. The summed E-state index contributed by atoms with van der Waals surface area (Å²) in [5, 5.41) is 2.63. The highest BCUT2D eigenvalue weighted by molar-refractivity contribution is 14.1. The summed E-state index contributed by atoms with van der Waals surface area (Å²) < 4.78 is 30.7. The molecule has 0 radical (unpaired) electrons. The first-order valence-corrected chi connectivity index (χ1v) is 10.4. The molecule has 0 aliphatic carbocycles. The van der Waals surface area contributed by atoms with Crippen LogP contribution in [0.15, 0.2) is 53.4 Å². The van der Waals surface area contributed by atoms with Crippen molar-refractivity contribution in [3.05, 3.63) is 54.1 Å². The van der Waals surface area contributed by atoms with Gasteiger partial charge in [-0.1, -0.05) is 60.2 Å². The van der Waals surface area contributed by atoms with E-state index in [1.807, 2.05) is 41.6 Å². The van der Waals surface area contributed by atoms with Crippen LogP contribution in [0.2, 0.25) is 0 Å². The van der Waals surface area contributed by atoms with Gasteiger partial charge in [0.2, 0.25) is 5.91 Å². The molecule has 0 saturated heterocycles. The molecular weight excluding hydrogens is 441 g/mol. The molecule has 2 aromatic carbocycles. The molecule has 0 unspecified atom stereocenters. The van der Waals surface area contributed by atoms with Crippen LogP contribution < -0.4 is 9.50 Å². The van der Waals surface area contributed by atoms with Gasteiger partial charge in [-0.25, -0.2) is 0 Å². The maximum absolute atomic E-state index is 12.5. The molecule has 2 aromatic rings. The Hall–Kier alpha value is -1.61. The number of benzene rings is 2. The van der Waals surface area contributed by atoms with Gasteiger partial charge in [0.1, 0.15) is 10.6 Å². The third kappa shape index (κ3) is 4.94. The van der Waals surface area contributed by atoms with Gasteiger partial charge in [0.05, 0.1) is 4.43 Å². The normalized spacial score (nSPS) is 11.1. The first kappa shape index (κ1) is 18.7. The highest BCUT2D eigenvalue weighted by atomic mass is 127. The number of nitrogens with one attached hydrogen (secondary N) is 1. The van der Waals surface area contributed by atoms with Gasteiger partial charge in [-0.15, -0.1) is 0 Å². The summed E-state index contributed by atoms with van der Waals surface area (Å²) >= 11 is 1.94. The quantitative estimate of drug-likeness (QED) is 0.389. The van der Waals surface area contributed by atoms with Crippen LogP contribution in [0.25, 0.3) is 0 Å². The Labute approximate surface area is 155 Å². The third-order valence-corrected chi connectivity index (χ3v) is 5.14. The van der Waals surface area contributed by atoms with E-state index in [0.29, 0.717) is 11.4 Å². The molecule has 0 atom stereocenters. The lowest BCUT2D eigenvalue weighted by Crippen LogP contribution is -2.14. The molecule has 7 heteroatoms. The predicted octanol–water partition coefficient (Wildman–Crippen LogP) is 3.78. The Balaban J connectivity index is 2.28. The molecule has 1 amide bonds. The number of amides is 1. The number of carbonyl (C=O) groups excluding carboxylic acids is 1. The number of aryl methyl sites for hydroxylation is 1. The van der Waals surface area contributed by atoms with Crippen molar-refractivity contribution in [1.82, 2.24) is 0 Å². The van der Waals surface area contributed by atoms with Gasteiger partial charge < -0.3 is 9.50 Å². The van der Waals surface area contributed by atoms with Crippen molar-refractivity contribution >= 4 is 44.3 Å². The second-order valence-corrected chi connectivity index (χ2v) is 7.41. The number of halogens is 1. The van der Waals surface area contributed by atoms with Crippen LogP contribution in [0.5, 0.6) is 5.75 Å². The Morgan fingerprint density at radius 3 is 2.62 bits per heavy atom. The number of para-hydroxylation sites is 1. The highest BCUT2D eigenvalue weighted by Gasteiger charge is 2.19. The Morgan fingerprint density at radius 2 is 1.92 bits per heavy atom. The number of alkyl halides is 1. The lowest BCUT2D eigenvalue weighted by atomic mass is 10.1. The van der Waals surface area contributed by atoms with Crippen molar-refractivity contribution in [2.24, 2.45) is 0 Å². The maximum atomic E-state index is 12.5. The van der Waals surface area contributed by atoms with Crippen molar-refractivity contribution in [3.8, 4) is 5.75 Å². The van der Waals surface area contributed by atoms with E-state index in [0.717, 1.165) is 18.4 Å². The van der Waals surface area contributed by atoms with E-state index in [1.54, 1.807) is 24.3 Å². The Kier molecular flexibility index (Phi) is 6.61. The minimum atomic E-state index is -3.97. The lowest BCUT2D eigenvalue weighted by Gasteiger charge is -2.12. The lowest BCUT2D eigenvalue weighted by molar-refractivity contribution is -0.113. The van der Waals surface area contributed by atoms with Gasteiger partial charge in [-0.2, -0.15) is 8.42 Å². The van der Waals surface area contributed by atoms with Crippen LogP contribution in [-0.2, 0) is 21.3 Å². The molecule has 0 aromatic heterocycles. The van der Waals surface area contributed by atoms with Crippen LogP contribution in [0, 0.1) is 0 Å². The molecule has 24 heavy (non-hydrogen) atoms. The topological polar surface area (TPSA) is 72.5 Å². The van der Waals surface area contributed by atoms with Crippen LogP contribution in [-0.4, -0.2) is 18.8 Å². The summed E-state index contributed by atoms with van der Waals surface area (Å²) in [5.74, 6) is 0.139. The molecule has 1 N–H and O–H groups in total. The summed E-state index contributed by atoms with van der Waals surface area (Å²) in [4.78, 5) is 11.5. The van der Waals surface area contributed by atoms with Crippen molar-refractivity contribution in [1.29, 1.82) is 0 Å². The van der Waals surface area contributed by atoms with Crippen LogP contribution in [0.3, 0.4) is 0 Å². The van der Waals surface area contributed by atoms with E-state index in [4.69, 9.17) is 4.18 Å². The van der Waals surface area contributed by atoms with Crippen LogP contribution in [0.1, 0.15) is 18.9 Å². The van der Waals surface area contributed by atoms with Crippen molar-refractivity contribution in [2.75, 3.05) is 9.74 Å². The largest absolute Gasteiger partial charge is 0.379 e. The van der Waals surface area contributed by atoms with E-state index in [9.17, 15) is 13.2 Å². The van der Waals surface area contributed by atoms with Crippen molar-refractivity contribution in [2.45, 2.75) is 24.7 Å². The van der Waals surface area contributed by atoms with Crippen molar-refractivity contribution < 1.29 is 17.4 Å². The smallest absolute Gasteiger partial charge is 0.339 e. The first-order chi connectivity index (χ1) is 11.5. The Morgan fingerprint density at radius 1 is 1.17 bits per heavy atom. The molecule has 0 bridgehead atoms. The van der Waals surface area contributed by atoms with Gasteiger partial charge in [-0.3, -0.25) is 4.79 Å². The van der Waals surface area contributed by atoms with Gasteiger partial charge in [0, 0.05) is 5.69 Å². The van der Waals surface area contributed by atoms with Gasteiger partial charge >= 0.3 is 10.1 Å². The number of carbonyl (C=O) groups is 1. The number of hydrogen-bond acceptors (Lipinski definition) is 4. The fourth-order valence-electron chi connectivity index (χ4n) is 2.15. The zero-order valence-corrected chi connectivity index (χ0v) is 16.1. The second-order valence-electron chi connectivity index (χ2n) is 5.10. The molecule has 2 rings (SSSR count). The summed E-state index contributed by atoms with van der Waals surface area (Å²) in [7, 11) is -3.97. The van der Waals surface area contributed by atoms with Gasteiger partial charge in [-0.05, 0) is 36.2 Å². The van der Waals surface area contributed by atoms with Crippen molar-refractivity contribution in [3.63, 3.8) is 0 Å². The van der Waals surface area contributed by atoms with E-state index in [1.165, 1.54) is 12.1 Å². The molecule has 0 aliphatic heterocycles. The number of rotatable bonds is 7. The highest BCUT2D eigenvalue weighted by Crippen LogP contribution is 2.25. The number of hydrogen-bond donors (Lipinski definition) is 1. The minimum Gasteiger partial charge on any atom is -0.379 e. The second kappa shape index (κ2) is 8.48. The minimum absolute atomic E-state index is 0.0000553. The summed E-state index contributed by atoms with van der Waals surface area (Å²) in [6.07, 6.45) is 1.62. The molecule has 128 valence electrons. The average molecular weight is 459 g/mol. The van der Waals surface area contributed by atoms with Crippen LogP contribution >= 0.6 is 22.6 Å². The standard InChI is InChI=1S/C17H18INO4S/c1-2-6-13-7-3-4-10-16(13)23-24(21,22)15-9-5-8-14(11-15)19-17(20)12-18/h3-5,7-11H,2,6,12H2,1H3,(H,19,20). The SMILES string of the molecule is CCCc1ccccc1OS(=O)(=O)c1cccc(NC(=O)CI)c1. The summed E-state index contributed by atoms with van der Waals surface area (Å²) in [5.41, 5.74) is 1.26. The van der Waals surface area contributed by atoms with E-state index in [2.05, 4.69) is 5.32 Å². The third-order valence-electron chi connectivity index (χ3n) is 3.22. The fourth-order valence-corrected chi connectivity index (χ4v) is 3.35. The average Bonchev–Trinajstić information content (AvgIpc) is 2.57. The van der Waals surface area contributed by atoms with E-state index in [-0.39, 0.29) is 15.2 Å². The maximum Gasteiger partial charge on any atom is 0.339 e. The summed E-state index contributed by atoms with van der Waals surface area (Å²) in [6.45, 7) is 2.02. The monoisotopic (exact) mass is 459 g/mol. The predicted molar refractivity (Wildman–Crippen MR) is 102 cm³/mol. The molecule has 0 spiro atoms. The van der Waals surface area contributed by atoms with E-state index >= 15 is 0 Å². The molecule has 0 heterocycles.